The smallest absolute Gasteiger partial charge is 0.246 e. The number of sulfonamides is 1. The van der Waals surface area contributed by atoms with Crippen molar-refractivity contribution in [3.05, 3.63) is 84.4 Å². The molecule has 0 saturated heterocycles. The first-order valence-electron chi connectivity index (χ1n) is 9.62. The van der Waals surface area contributed by atoms with Crippen LogP contribution in [-0.4, -0.2) is 40.7 Å². The van der Waals surface area contributed by atoms with E-state index in [1.54, 1.807) is 19.2 Å². The molecule has 3 aromatic carbocycles. The van der Waals surface area contributed by atoms with Gasteiger partial charge < -0.3 is 5.32 Å². The predicted molar refractivity (Wildman–Crippen MR) is 118 cm³/mol. The van der Waals surface area contributed by atoms with E-state index in [0.717, 1.165) is 11.1 Å². The molecule has 0 spiro atoms. The summed E-state index contributed by atoms with van der Waals surface area (Å²) in [4.78, 5) is 12.5. The van der Waals surface area contributed by atoms with E-state index in [2.05, 4.69) is 15.6 Å². The standard InChI is InChI=1S/C22H21N5O3S/c1-26(15-17-7-3-2-4-8-17)31(29,30)19-13-11-18(12-14-19)23-22(28)16-27-21-10-6-5-9-20(21)24-25-27/h2-14H,15-16H2,1H3,(H,23,28). The van der Waals surface area contributed by atoms with Crippen LogP contribution in [0.3, 0.4) is 0 Å². The number of carbonyl (C=O) groups is 1. The molecule has 0 radical (unpaired) electrons. The van der Waals surface area contributed by atoms with Crippen molar-refractivity contribution in [2.24, 2.45) is 0 Å². The number of hydrogen-bond acceptors (Lipinski definition) is 5. The van der Waals surface area contributed by atoms with Crippen LogP contribution in [0, 0.1) is 0 Å². The van der Waals surface area contributed by atoms with Gasteiger partial charge in [0.1, 0.15) is 12.1 Å². The summed E-state index contributed by atoms with van der Waals surface area (Å²) in [6.07, 6.45) is 0. The zero-order chi connectivity index (χ0) is 21.8. The summed E-state index contributed by atoms with van der Waals surface area (Å²) in [5.74, 6) is -0.285. The molecule has 0 unspecified atom stereocenters. The maximum absolute atomic E-state index is 12.8. The van der Waals surface area contributed by atoms with Crippen LogP contribution >= 0.6 is 0 Å². The third-order valence-electron chi connectivity index (χ3n) is 4.81. The highest BCUT2D eigenvalue weighted by molar-refractivity contribution is 7.89. The number of para-hydroxylation sites is 1. The first kappa shape index (κ1) is 20.7. The van der Waals surface area contributed by atoms with Gasteiger partial charge in [-0.1, -0.05) is 47.7 Å². The Morgan fingerprint density at radius 3 is 2.39 bits per heavy atom. The number of benzene rings is 3. The van der Waals surface area contributed by atoms with Crippen LogP contribution < -0.4 is 5.32 Å². The third-order valence-corrected chi connectivity index (χ3v) is 6.63. The second kappa shape index (κ2) is 8.66. The molecule has 158 valence electrons. The fourth-order valence-electron chi connectivity index (χ4n) is 3.19. The van der Waals surface area contributed by atoms with Crippen molar-refractivity contribution in [1.29, 1.82) is 0 Å². The van der Waals surface area contributed by atoms with Crippen LogP contribution in [0.5, 0.6) is 0 Å². The highest BCUT2D eigenvalue weighted by Gasteiger charge is 2.21. The Morgan fingerprint density at radius 1 is 0.968 bits per heavy atom. The molecule has 0 aliphatic heterocycles. The van der Waals surface area contributed by atoms with Gasteiger partial charge in [0.05, 0.1) is 10.4 Å². The van der Waals surface area contributed by atoms with Gasteiger partial charge in [0, 0.05) is 19.3 Å². The van der Waals surface area contributed by atoms with E-state index in [4.69, 9.17) is 0 Å². The molecule has 8 nitrogen and oxygen atoms in total. The van der Waals surface area contributed by atoms with Gasteiger partial charge in [-0.05, 0) is 42.0 Å². The summed E-state index contributed by atoms with van der Waals surface area (Å²) in [6.45, 7) is 0.272. The van der Waals surface area contributed by atoms with Crippen molar-refractivity contribution in [1.82, 2.24) is 19.3 Å². The highest BCUT2D eigenvalue weighted by atomic mass is 32.2. The van der Waals surface area contributed by atoms with E-state index in [9.17, 15) is 13.2 Å². The monoisotopic (exact) mass is 435 g/mol. The maximum atomic E-state index is 12.8. The van der Waals surface area contributed by atoms with E-state index < -0.39 is 10.0 Å². The van der Waals surface area contributed by atoms with Crippen LogP contribution in [0.1, 0.15) is 5.56 Å². The summed E-state index contributed by atoms with van der Waals surface area (Å²) in [7, 11) is -2.11. The Balaban J connectivity index is 1.42. The van der Waals surface area contributed by atoms with Crippen LogP contribution in [0.15, 0.2) is 83.8 Å². The van der Waals surface area contributed by atoms with Crippen molar-refractivity contribution in [3.63, 3.8) is 0 Å². The lowest BCUT2D eigenvalue weighted by molar-refractivity contribution is -0.116. The molecular weight excluding hydrogens is 414 g/mol. The average molecular weight is 436 g/mol. The fourth-order valence-corrected chi connectivity index (χ4v) is 4.35. The van der Waals surface area contributed by atoms with E-state index in [0.29, 0.717) is 11.2 Å². The molecule has 0 fully saturated rings. The third kappa shape index (κ3) is 4.62. The van der Waals surface area contributed by atoms with Gasteiger partial charge in [0.15, 0.2) is 0 Å². The minimum atomic E-state index is -3.65. The molecular formula is C22H21N5O3S. The number of rotatable bonds is 7. The molecule has 0 saturated carbocycles. The van der Waals surface area contributed by atoms with Gasteiger partial charge in [0.25, 0.3) is 0 Å². The molecule has 31 heavy (non-hydrogen) atoms. The minimum absolute atomic E-state index is 0.000374. The van der Waals surface area contributed by atoms with Crippen LogP contribution in [-0.2, 0) is 27.9 Å². The number of amides is 1. The Bertz CT molecular complexity index is 1300. The SMILES string of the molecule is CN(Cc1ccccc1)S(=O)(=O)c1ccc(NC(=O)Cn2nnc3ccccc32)cc1. The van der Waals surface area contributed by atoms with E-state index in [1.807, 2.05) is 54.6 Å². The molecule has 0 aliphatic rings. The number of nitrogens with zero attached hydrogens (tertiary/aromatic N) is 4. The Labute approximate surface area is 180 Å². The van der Waals surface area contributed by atoms with Crippen molar-refractivity contribution in [2.75, 3.05) is 12.4 Å². The second-order valence-electron chi connectivity index (χ2n) is 7.06. The van der Waals surface area contributed by atoms with Crippen molar-refractivity contribution in [3.8, 4) is 0 Å². The van der Waals surface area contributed by atoms with Crippen LogP contribution in [0.4, 0.5) is 5.69 Å². The number of aromatic nitrogens is 3. The molecule has 1 N–H and O–H groups in total. The zero-order valence-electron chi connectivity index (χ0n) is 16.8. The Hall–Kier alpha value is -3.56. The quantitative estimate of drug-likeness (QED) is 0.481. The lowest BCUT2D eigenvalue weighted by atomic mass is 10.2. The topological polar surface area (TPSA) is 97.2 Å². The molecule has 1 amide bonds. The highest BCUT2D eigenvalue weighted by Crippen LogP contribution is 2.19. The van der Waals surface area contributed by atoms with Crippen LogP contribution in [0.25, 0.3) is 11.0 Å². The normalized spacial score (nSPS) is 11.7. The van der Waals surface area contributed by atoms with E-state index in [-0.39, 0.29) is 23.9 Å². The average Bonchev–Trinajstić information content (AvgIpc) is 3.17. The molecule has 0 bridgehead atoms. The van der Waals surface area contributed by atoms with Gasteiger partial charge in [-0.3, -0.25) is 4.79 Å². The Morgan fingerprint density at radius 2 is 1.65 bits per heavy atom. The molecule has 0 atom stereocenters. The number of carbonyl (C=O) groups excluding carboxylic acids is 1. The first-order chi connectivity index (χ1) is 14.9. The summed E-state index contributed by atoms with van der Waals surface area (Å²) < 4.78 is 28.5. The van der Waals surface area contributed by atoms with Crippen molar-refractivity contribution >= 4 is 32.7 Å². The maximum Gasteiger partial charge on any atom is 0.246 e. The van der Waals surface area contributed by atoms with E-state index >= 15 is 0 Å². The van der Waals surface area contributed by atoms with E-state index in [1.165, 1.54) is 21.1 Å². The lowest BCUT2D eigenvalue weighted by Crippen LogP contribution is -2.26. The molecule has 4 aromatic rings. The van der Waals surface area contributed by atoms with Crippen LogP contribution in [0.2, 0.25) is 0 Å². The van der Waals surface area contributed by atoms with Gasteiger partial charge in [-0.2, -0.15) is 4.31 Å². The summed E-state index contributed by atoms with van der Waals surface area (Å²) in [6, 6.07) is 22.9. The number of nitrogens with one attached hydrogen (secondary N) is 1. The van der Waals surface area contributed by atoms with Crippen molar-refractivity contribution < 1.29 is 13.2 Å². The number of fused-ring (bicyclic) bond motifs is 1. The van der Waals surface area contributed by atoms with Gasteiger partial charge in [-0.25, -0.2) is 13.1 Å². The van der Waals surface area contributed by atoms with Gasteiger partial charge in [0.2, 0.25) is 15.9 Å². The summed E-state index contributed by atoms with van der Waals surface area (Å²) in [5, 5.41) is 10.8. The van der Waals surface area contributed by atoms with Gasteiger partial charge >= 0.3 is 0 Å². The molecule has 0 aliphatic carbocycles. The molecule has 1 heterocycles. The second-order valence-corrected chi connectivity index (χ2v) is 9.10. The molecule has 9 heteroatoms. The number of hydrogen-bond donors (Lipinski definition) is 1. The fraction of sp³-hybridized carbons (Fsp3) is 0.136. The van der Waals surface area contributed by atoms with Crippen molar-refractivity contribution in [2.45, 2.75) is 18.0 Å². The van der Waals surface area contributed by atoms with Gasteiger partial charge in [-0.15, -0.1) is 5.10 Å². The minimum Gasteiger partial charge on any atom is -0.324 e. The molecule has 4 rings (SSSR count). The predicted octanol–water partition coefficient (Wildman–Crippen LogP) is 2.89. The summed E-state index contributed by atoms with van der Waals surface area (Å²) >= 11 is 0. The first-order valence-corrected chi connectivity index (χ1v) is 11.1. The lowest BCUT2D eigenvalue weighted by Gasteiger charge is -2.17. The number of anilines is 1. The molecule has 1 aromatic heterocycles. The largest absolute Gasteiger partial charge is 0.324 e. The summed E-state index contributed by atoms with van der Waals surface area (Å²) in [5.41, 5.74) is 2.88. The zero-order valence-corrected chi connectivity index (χ0v) is 17.7. The Kier molecular flexibility index (Phi) is 5.79.